The average molecular weight is 364 g/mol. The van der Waals surface area contributed by atoms with Gasteiger partial charge in [-0.3, -0.25) is 9.89 Å². The molecule has 4 heterocycles. The normalized spacial score (nSPS) is 23.6. The Bertz CT molecular complexity index is 991. The predicted molar refractivity (Wildman–Crippen MR) is 100 cm³/mol. The number of aryl methyl sites for hydroxylation is 1. The highest BCUT2D eigenvalue weighted by Gasteiger charge is 2.46. The Morgan fingerprint density at radius 1 is 1.30 bits per heavy atom. The van der Waals surface area contributed by atoms with Gasteiger partial charge in [0.1, 0.15) is 11.8 Å². The van der Waals surface area contributed by atoms with Gasteiger partial charge in [-0.15, -0.1) is 10.2 Å². The van der Waals surface area contributed by atoms with Crippen LogP contribution in [0.15, 0.2) is 33.7 Å². The van der Waals surface area contributed by atoms with E-state index in [0.29, 0.717) is 24.7 Å². The molecule has 1 saturated heterocycles. The molecule has 2 atom stereocenters. The van der Waals surface area contributed by atoms with E-state index in [9.17, 15) is 4.79 Å². The third kappa shape index (κ3) is 2.57. The van der Waals surface area contributed by atoms with Gasteiger partial charge in [-0.2, -0.15) is 0 Å². The van der Waals surface area contributed by atoms with Crippen LogP contribution in [0.5, 0.6) is 0 Å². The van der Waals surface area contributed by atoms with Crippen LogP contribution < -0.4 is 4.90 Å². The van der Waals surface area contributed by atoms with Gasteiger partial charge in [0.2, 0.25) is 5.89 Å². The smallest absolute Gasteiger partial charge is 0.415 e. The van der Waals surface area contributed by atoms with Crippen molar-refractivity contribution in [1.29, 1.82) is 0 Å². The fourth-order valence-electron chi connectivity index (χ4n) is 4.14. The number of aromatic nitrogens is 2. The number of hydrogen-bond donors (Lipinski definition) is 0. The molecule has 0 bridgehead atoms. The Labute approximate surface area is 156 Å². The highest BCUT2D eigenvalue weighted by molar-refractivity contribution is 6.00. The molecule has 0 N–H and O–H groups in total. The number of fused-ring (bicyclic) bond motifs is 3. The van der Waals surface area contributed by atoms with Crippen molar-refractivity contribution in [3.05, 3.63) is 47.2 Å². The molecule has 1 fully saturated rings. The van der Waals surface area contributed by atoms with Crippen molar-refractivity contribution in [3.8, 4) is 0 Å². The molecule has 0 radical (unpaired) electrons. The molecular weight excluding hydrogens is 344 g/mol. The molecule has 0 saturated carbocycles. The van der Waals surface area contributed by atoms with Gasteiger partial charge in [0.15, 0.2) is 0 Å². The number of carbonyl (C=O) groups excluding carboxylic acids is 1. The van der Waals surface area contributed by atoms with Crippen LogP contribution in [0.1, 0.15) is 42.7 Å². The van der Waals surface area contributed by atoms with E-state index in [1.54, 1.807) is 6.92 Å². The summed E-state index contributed by atoms with van der Waals surface area (Å²) in [6.07, 6.45) is 4.28. The fraction of sp³-hybridized carbons (Fsp3) is 0.400. The van der Waals surface area contributed by atoms with Crippen molar-refractivity contribution in [2.75, 3.05) is 11.4 Å². The Kier molecular flexibility index (Phi) is 3.63. The maximum atomic E-state index is 12.2. The Hall–Kier alpha value is -2.96. The lowest BCUT2D eigenvalue weighted by molar-refractivity contribution is 0.129. The number of hydrogen-bond acceptors (Lipinski definition) is 6. The summed E-state index contributed by atoms with van der Waals surface area (Å²) in [5.74, 6) is 1.05. The predicted octanol–water partition coefficient (Wildman–Crippen LogP) is 3.31. The molecule has 7 heteroatoms. The first-order valence-electron chi connectivity index (χ1n) is 9.30. The number of allylic oxidation sites excluding steroid dienone is 1. The Morgan fingerprint density at radius 3 is 2.89 bits per heavy atom. The van der Waals surface area contributed by atoms with Crippen LogP contribution in [0, 0.1) is 6.92 Å². The maximum absolute atomic E-state index is 12.2. The summed E-state index contributed by atoms with van der Waals surface area (Å²) < 4.78 is 10.9. The number of cyclic esters (lactones) is 1. The van der Waals surface area contributed by atoms with Crippen molar-refractivity contribution in [2.24, 2.45) is 4.99 Å². The van der Waals surface area contributed by atoms with E-state index in [0.717, 1.165) is 29.8 Å². The van der Waals surface area contributed by atoms with E-state index in [1.807, 2.05) is 11.0 Å². The molecule has 1 amide bonds. The van der Waals surface area contributed by atoms with Gasteiger partial charge >= 0.3 is 6.09 Å². The van der Waals surface area contributed by atoms with Crippen LogP contribution in [0.25, 0.3) is 5.57 Å². The highest BCUT2D eigenvalue weighted by Crippen LogP contribution is 2.40. The molecule has 2 aromatic rings. The molecule has 3 aliphatic heterocycles. The van der Waals surface area contributed by atoms with Crippen LogP contribution in [0.2, 0.25) is 0 Å². The number of anilines is 1. The van der Waals surface area contributed by atoms with Crippen molar-refractivity contribution in [1.82, 2.24) is 10.2 Å². The number of amides is 1. The Morgan fingerprint density at radius 2 is 2.19 bits per heavy atom. The van der Waals surface area contributed by atoms with Gasteiger partial charge in [-0.05, 0) is 41.7 Å². The molecule has 2 unspecified atom stereocenters. The third-order valence-electron chi connectivity index (χ3n) is 5.51. The molecule has 7 nitrogen and oxygen atoms in total. The lowest BCUT2D eigenvalue weighted by atomic mass is 9.97. The minimum atomic E-state index is -0.223. The SMILES string of the molecule is CCC1OC(=O)N2c3ccc(C4=CCC(c5nnc(C)o5)=NC4)cc3CC12. The van der Waals surface area contributed by atoms with E-state index >= 15 is 0 Å². The summed E-state index contributed by atoms with van der Waals surface area (Å²) in [6.45, 7) is 4.42. The number of carbonyl (C=O) groups is 1. The number of dihydropyridines is 1. The molecule has 27 heavy (non-hydrogen) atoms. The van der Waals surface area contributed by atoms with Crippen LogP contribution in [-0.4, -0.2) is 40.7 Å². The van der Waals surface area contributed by atoms with E-state index < -0.39 is 0 Å². The number of ether oxygens (including phenoxy) is 1. The first-order chi connectivity index (χ1) is 13.1. The second-order valence-corrected chi connectivity index (χ2v) is 7.14. The lowest BCUT2D eigenvalue weighted by Gasteiger charge is -2.15. The minimum Gasteiger partial charge on any atom is -0.444 e. The first kappa shape index (κ1) is 16.2. The molecular formula is C20H20N4O3. The molecule has 0 aliphatic carbocycles. The van der Waals surface area contributed by atoms with E-state index in [4.69, 9.17) is 9.15 Å². The van der Waals surface area contributed by atoms with Crippen molar-refractivity contribution < 1.29 is 13.9 Å². The topological polar surface area (TPSA) is 80.8 Å². The van der Waals surface area contributed by atoms with E-state index in [2.05, 4.69) is 40.3 Å². The summed E-state index contributed by atoms with van der Waals surface area (Å²) >= 11 is 0. The second-order valence-electron chi connectivity index (χ2n) is 7.14. The zero-order valence-electron chi connectivity index (χ0n) is 15.3. The van der Waals surface area contributed by atoms with Gasteiger partial charge < -0.3 is 9.15 Å². The average Bonchev–Trinajstić information content (AvgIpc) is 3.36. The lowest BCUT2D eigenvalue weighted by Crippen LogP contribution is -2.32. The molecule has 138 valence electrons. The zero-order valence-corrected chi connectivity index (χ0v) is 15.3. The molecule has 1 aromatic heterocycles. The number of benzene rings is 1. The second kappa shape index (κ2) is 6.04. The van der Waals surface area contributed by atoms with Crippen LogP contribution in [0.3, 0.4) is 0 Å². The molecule has 3 aliphatic rings. The summed E-state index contributed by atoms with van der Waals surface area (Å²) in [7, 11) is 0. The Balaban J connectivity index is 1.38. The fourth-order valence-corrected chi connectivity index (χ4v) is 4.14. The zero-order chi connectivity index (χ0) is 18.5. The monoisotopic (exact) mass is 364 g/mol. The van der Waals surface area contributed by atoms with Crippen molar-refractivity contribution >= 4 is 23.1 Å². The third-order valence-corrected chi connectivity index (χ3v) is 5.51. The molecule has 0 spiro atoms. The highest BCUT2D eigenvalue weighted by atomic mass is 16.6. The van der Waals surface area contributed by atoms with Gasteiger partial charge in [-0.25, -0.2) is 4.79 Å². The van der Waals surface area contributed by atoms with E-state index in [1.165, 1.54) is 11.1 Å². The summed E-state index contributed by atoms with van der Waals surface area (Å²) in [6, 6.07) is 6.41. The van der Waals surface area contributed by atoms with Gasteiger partial charge in [0, 0.05) is 13.3 Å². The summed E-state index contributed by atoms with van der Waals surface area (Å²) in [5.41, 5.74) is 5.34. The van der Waals surface area contributed by atoms with Crippen LogP contribution in [-0.2, 0) is 11.2 Å². The molecule has 1 aromatic carbocycles. The number of aliphatic imine (C=N–C) groups is 1. The quantitative estimate of drug-likeness (QED) is 0.835. The van der Waals surface area contributed by atoms with Crippen molar-refractivity contribution in [3.63, 3.8) is 0 Å². The molecule has 5 rings (SSSR count). The maximum Gasteiger partial charge on any atom is 0.415 e. The standard InChI is InChI=1S/C20H20N4O3/c1-3-18-17-9-14-8-12(5-7-16(14)24(17)20(25)27-18)13-4-6-15(21-10-13)19-23-22-11(2)26-19/h4-5,7-8,17-18H,3,6,9-10H2,1-2H3. The minimum absolute atomic E-state index is 0.0210. The van der Waals surface area contributed by atoms with Crippen molar-refractivity contribution in [2.45, 2.75) is 45.3 Å². The van der Waals surface area contributed by atoms with Gasteiger partial charge in [-0.1, -0.05) is 19.1 Å². The van der Waals surface area contributed by atoms with Gasteiger partial charge in [0.05, 0.1) is 18.3 Å². The van der Waals surface area contributed by atoms with Gasteiger partial charge in [0.25, 0.3) is 5.89 Å². The first-order valence-corrected chi connectivity index (χ1v) is 9.30. The largest absolute Gasteiger partial charge is 0.444 e. The van der Waals surface area contributed by atoms with Crippen LogP contribution in [0.4, 0.5) is 10.5 Å². The van der Waals surface area contributed by atoms with E-state index in [-0.39, 0.29) is 18.2 Å². The number of rotatable bonds is 3. The summed E-state index contributed by atoms with van der Waals surface area (Å²) in [5, 5.41) is 7.91. The number of nitrogens with zero attached hydrogens (tertiary/aromatic N) is 4. The summed E-state index contributed by atoms with van der Waals surface area (Å²) in [4.78, 5) is 18.6. The van der Waals surface area contributed by atoms with Crippen LogP contribution >= 0.6 is 0 Å².